The number of para-hydroxylation sites is 1. The fourth-order valence-electron chi connectivity index (χ4n) is 2.33. The van der Waals surface area contributed by atoms with Crippen molar-refractivity contribution in [2.75, 3.05) is 5.32 Å². The van der Waals surface area contributed by atoms with E-state index in [0.29, 0.717) is 5.69 Å². The number of nitrogens with one attached hydrogen (secondary N) is 1. The Bertz CT molecular complexity index is 850. The van der Waals surface area contributed by atoms with Gasteiger partial charge in [0, 0.05) is 17.3 Å². The van der Waals surface area contributed by atoms with E-state index in [1.807, 2.05) is 37.3 Å². The van der Waals surface area contributed by atoms with Gasteiger partial charge < -0.3 is 5.32 Å². The van der Waals surface area contributed by atoms with Crippen molar-refractivity contribution in [3.05, 3.63) is 72.4 Å². The van der Waals surface area contributed by atoms with Gasteiger partial charge in [-0.25, -0.2) is 0 Å². The molecule has 3 rings (SSSR count). The Morgan fingerprint density at radius 3 is 2.68 bits per heavy atom. The maximum Gasteiger partial charge on any atom is 0.252 e. The van der Waals surface area contributed by atoms with Crippen LogP contribution in [-0.2, 0) is 4.79 Å². The van der Waals surface area contributed by atoms with Crippen LogP contribution in [-0.4, -0.2) is 10.5 Å². The zero-order valence-corrected chi connectivity index (χ0v) is 12.1. The zero-order chi connectivity index (χ0) is 15.5. The molecule has 0 bridgehead atoms. The van der Waals surface area contributed by atoms with Crippen LogP contribution in [0.5, 0.6) is 0 Å². The summed E-state index contributed by atoms with van der Waals surface area (Å²) in [4.78, 5) is 11.9. The molecule has 1 aromatic heterocycles. The summed E-state index contributed by atoms with van der Waals surface area (Å²) in [5.41, 5.74) is 2.47. The van der Waals surface area contributed by atoms with Crippen LogP contribution in [0.3, 0.4) is 0 Å². The van der Waals surface area contributed by atoms with E-state index < -0.39 is 11.9 Å². The fourth-order valence-corrected chi connectivity index (χ4v) is 2.33. The smallest absolute Gasteiger partial charge is 0.252 e. The fraction of sp³-hybridized carbons (Fsp3) is 0.0556. The van der Waals surface area contributed by atoms with Gasteiger partial charge in [0.15, 0.2) is 0 Å². The number of benzene rings is 2. The number of halogens is 1. The predicted molar refractivity (Wildman–Crippen MR) is 87.1 cm³/mol. The zero-order valence-electron chi connectivity index (χ0n) is 12.1. The average molecular weight is 294 g/mol. The van der Waals surface area contributed by atoms with Crippen LogP contribution in [0.4, 0.5) is 10.1 Å². The third-order valence-electron chi connectivity index (χ3n) is 3.37. The van der Waals surface area contributed by atoms with Crippen LogP contribution in [0, 0.1) is 6.92 Å². The summed E-state index contributed by atoms with van der Waals surface area (Å²) in [6.45, 7) is 1.98. The Hall–Kier alpha value is -2.88. The van der Waals surface area contributed by atoms with Crippen molar-refractivity contribution in [3.8, 4) is 0 Å². The Morgan fingerprint density at radius 2 is 1.91 bits per heavy atom. The van der Waals surface area contributed by atoms with Crippen LogP contribution in [0.2, 0.25) is 0 Å². The van der Waals surface area contributed by atoms with Gasteiger partial charge in [0.25, 0.3) is 5.91 Å². The summed E-state index contributed by atoms with van der Waals surface area (Å²) in [7, 11) is 0. The number of aryl methyl sites for hydroxylation is 1. The first-order valence-electron chi connectivity index (χ1n) is 6.95. The summed E-state index contributed by atoms with van der Waals surface area (Å²) < 4.78 is 15.7. The van der Waals surface area contributed by atoms with E-state index in [2.05, 4.69) is 5.32 Å². The summed E-state index contributed by atoms with van der Waals surface area (Å²) in [5.74, 6) is -1.12. The Morgan fingerprint density at radius 1 is 1.14 bits per heavy atom. The molecular formula is C18H15FN2O. The molecular weight excluding hydrogens is 279 g/mol. The highest BCUT2D eigenvalue weighted by Gasteiger charge is 2.07. The number of nitrogens with zero attached hydrogens (tertiary/aromatic N) is 1. The number of aromatic nitrogens is 1. The van der Waals surface area contributed by atoms with E-state index in [0.717, 1.165) is 22.5 Å². The summed E-state index contributed by atoms with van der Waals surface area (Å²) in [6, 6.07) is 16.5. The largest absolute Gasteiger partial charge is 0.322 e. The van der Waals surface area contributed by atoms with Gasteiger partial charge in [0.05, 0.1) is 11.6 Å². The quantitative estimate of drug-likeness (QED) is 0.716. The first-order chi connectivity index (χ1) is 10.6. The normalized spacial score (nSPS) is 11.6. The van der Waals surface area contributed by atoms with Crippen LogP contribution < -0.4 is 5.32 Å². The number of hydrogen-bond acceptors (Lipinski definition) is 1. The Labute approximate surface area is 127 Å². The Balaban J connectivity index is 1.85. The highest BCUT2D eigenvalue weighted by molar-refractivity contribution is 6.02. The van der Waals surface area contributed by atoms with Crippen molar-refractivity contribution < 1.29 is 9.18 Å². The van der Waals surface area contributed by atoms with Gasteiger partial charge in [-0.3, -0.25) is 9.36 Å². The van der Waals surface area contributed by atoms with E-state index >= 15 is 0 Å². The van der Waals surface area contributed by atoms with E-state index in [9.17, 15) is 9.18 Å². The SMILES string of the molecule is Cc1ccc2c(ccn2/C(F)=C/C(=O)Nc2ccccc2)c1. The van der Waals surface area contributed by atoms with Gasteiger partial charge in [-0.05, 0) is 37.3 Å². The molecule has 0 unspecified atom stereocenters. The molecule has 0 atom stereocenters. The molecule has 1 heterocycles. The second kappa shape index (κ2) is 5.85. The monoisotopic (exact) mass is 294 g/mol. The van der Waals surface area contributed by atoms with Gasteiger partial charge in [0.1, 0.15) is 0 Å². The lowest BCUT2D eigenvalue weighted by Crippen LogP contribution is -2.09. The van der Waals surface area contributed by atoms with Gasteiger partial charge in [-0.15, -0.1) is 0 Å². The third-order valence-corrected chi connectivity index (χ3v) is 3.37. The lowest BCUT2D eigenvalue weighted by atomic mass is 10.2. The van der Waals surface area contributed by atoms with E-state index in [1.165, 1.54) is 4.57 Å². The average Bonchev–Trinajstić information content (AvgIpc) is 2.91. The van der Waals surface area contributed by atoms with Gasteiger partial charge in [-0.1, -0.05) is 29.8 Å². The number of rotatable bonds is 3. The number of hydrogen-bond donors (Lipinski definition) is 1. The lowest BCUT2D eigenvalue weighted by molar-refractivity contribution is -0.111. The topological polar surface area (TPSA) is 34.0 Å². The molecule has 0 saturated carbocycles. The number of fused-ring (bicyclic) bond motifs is 1. The number of carbonyl (C=O) groups is 1. The molecule has 0 saturated heterocycles. The standard InChI is InChI=1S/C18H15FN2O/c1-13-7-8-16-14(11-13)9-10-21(16)17(19)12-18(22)20-15-5-3-2-4-6-15/h2-12H,1H3,(H,20,22)/b17-12+. The molecule has 0 aliphatic rings. The first kappa shape index (κ1) is 14.1. The van der Waals surface area contributed by atoms with Gasteiger partial charge in [0.2, 0.25) is 5.95 Å². The van der Waals surface area contributed by atoms with Crippen molar-refractivity contribution in [2.45, 2.75) is 6.92 Å². The maximum atomic E-state index is 14.3. The first-order valence-corrected chi connectivity index (χ1v) is 6.95. The minimum atomic E-state index is -0.618. The molecule has 0 radical (unpaired) electrons. The van der Waals surface area contributed by atoms with Gasteiger partial charge in [-0.2, -0.15) is 4.39 Å². The second-order valence-corrected chi connectivity index (χ2v) is 5.07. The molecule has 3 nitrogen and oxygen atoms in total. The predicted octanol–water partition coefficient (Wildman–Crippen LogP) is 4.36. The van der Waals surface area contributed by atoms with E-state index in [-0.39, 0.29) is 0 Å². The van der Waals surface area contributed by atoms with Crippen LogP contribution in [0.1, 0.15) is 5.56 Å². The molecule has 1 N–H and O–H groups in total. The van der Waals surface area contributed by atoms with Crippen molar-refractivity contribution in [1.82, 2.24) is 4.57 Å². The number of carbonyl (C=O) groups excluding carboxylic acids is 1. The summed E-state index contributed by atoms with van der Waals surface area (Å²) in [6.07, 6.45) is 2.57. The van der Waals surface area contributed by atoms with Crippen molar-refractivity contribution in [1.29, 1.82) is 0 Å². The van der Waals surface area contributed by atoms with Crippen LogP contribution >= 0.6 is 0 Å². The van der Waals surface area contributed by atoms with Crippen molar-refractivity contribution in [2.24, 2.45) is 0 Å². The molecule has 1 amide bonds. The van der Waals surface area contributed by atoms with Crippen molar-refractivity contribution >= 4 is 28.4 Å². The molecule has 3 aromatic rings. The maximum absolute atomic E-state index is 14.3. The molecule has 4 heteroatoms. The van der Waals surface area contributed by atoms with E-state index in [4.69, 9.17) is 0 Å². The molecule has 2 aromatic carbocycles. The molecule has 110 valence electrons. The highest BCUT2D eigenvalue weighted by Crippen LogP contribution is 2.21. The summed E-state index contributed by atoms with van der Waals surface area (Å²) in [5, 5.41) is 3.56. The highest BCUT2D eigenvalue weighted by atomic mass is 19.1. The third kappa shape index (κ3) is 2.91. The minimum absolute atomic E-state index is 0.502. The number of amides is 1. The molecule has 0 spiro atoms. The van der Waals surface area contributed by atoms with Gasteiger partial charge >= 0.3 is 0 Å². The molecule has 0 fully saturated rings. The molecule has 0 aliphatic carbocycles. The van der Waals surface area contributed by atoms with Crippen molar-refractivity contribution in [3.63, 3.8) is 0 Å². The molecule has 0 aliphatic heterocycles. The minimum Gasteiger partial charge on any atom is -0.322 e. The van der Waals surface area contributed by atoms with E-state index in [1.54, 1.807) is 30.5 Å². The lowest BCUT2D eigenvalue weighted by Gasteiger charge is -2.04. The number of anilines is 1. The Kier molecular flexibility index (Phi) is 3.74. The summed E-state index contributed by atoms with van der Waals surface area (Å²) >= 11 is 0. The second-order valence-electron chi connectivity index (χ2n) is 5.07. The molecule has 22 heavy (non-hydrogen) atoms. The van der Waals surface area contributed by atoms with Crippen LogP contribution in [0.25, 0.3) is 16.9 Å². The van der Waals surface area contributed by atoms with Crippen LogP contribution in [0.15, 0.2) is 66.9 Å².